The summed E-state index contributed by atoms with van der Waals surface area (Å²) in [5, 5.41) is 0. The van der Waals surface area contributed by atoms with Crippen molar-refractivity contribution in [3.05, 3.63) is 42.0 Å². The zero-order valence-electron chi connectivity index (χ0n) is 12.6. The van der Waals surface area contributed by atoms with Crippen LogP contribution in [-0.4, -0.2) is 16.7 Å². The zero-order valence-corrected chi connectivity index (χ0v) is 12.6. The largest absolute Gasteiger partial charge is 0.495 e. The van der Waals surface area contributed by atoms with Gasteiger partial charge in [-0.15, -0.1) is 0 Å². The average Bonchev–Trinajstić information content (AvgIpc) is 2.87. The fourth-order valence-electron chi connectivity index (χ4n) is 2.40. The van der Waals surface area contributed by atoms with Gasteiger partial charge in [-0.3, -0.25) is 4.57 Å². The SMILES string of the molecule is COc1ccc(C)cc1-n1cncc1C(N)CC(C)C. The Hall–Kier alpha value is -1.81. The monoisotopic (exact) mass is 273 g/mol. The first-order valence-corrected chi connectivity index (χ1v) is 6.95. The molecule has 0 spiro atoms. The number of methoxy groups -OCH3 is 1. The molecule has 0 bridgehead atoms. The molecule has 0 saturated carbocycles. The molecule has 0 fully saturated rings. The first-order valence-electron chi connectivity index (χ1n) is 6.95. The molecule has 4 heteroatoms. The maximum atomic E-state index is 6.31. The van der Waals surface area contributed by atoms with Crippen LogP contribution in [-0.2, 0) is 0 Å². The Labute approximate surface area is 120 Å². The van der Waals surface area contributed by atoms with Crippen molar-refractivity contribution in [2.24, 2.45) is 11.7 Å². The van der Waals surface area contributed by atoms with Crippen LogP contribution in [0.15, 0.2) is 30.7 Å². The molecule has 4 nitrogen and oxygen atoms in total. The van der Waals surface area contributed by atoms with Crippen molar-refractivity contribution < 1.29 is 4.74 Å². The molecular weight excluding hydrogens is 250 g/mol. The van der Waals surface area contributed by atoms with E-state index in [1.807, 2.05) is 22.9 Å². The van der Waals surface area contributed by atoms with Gasteiger partial charge in [-0.05, 0) is 37.0 Å². The third-order valence-corrected chi connectivity index (χ3v) is 3.37. The first kappa shape index (κ1) is 14.6. The molecule has 2 rings (SSSR count). The highest BCUT2D eigenvalue weighted by Crippen LogP contribution is 2.28. The van der Waals surface area contributed by atoms with E-state index in [4.69, 9.17) is 10.5 Å². The number of rotatable bonds is 5. The predicted molar refractivity (Wildman–Crippen MR) is 81.2 cm³/mol. The van der Waals surface area contributed by atoms with Crippen molar-refractivity contribution in [2.75, 3.05) is 7.11 Å². The van der Waals surface area contributed by atoms with Gasteiger partial charge in [0.05, 0.1) is 31.0 Å². The highest BCUT2D eigenvalue weighted by Gasteiger charge is 2.16. The molecule has 0 radical (unpaired) electrons. The van der Waals surface area contributed by atoms with Gasteiger partial charge in [0, 0.05) is 6.04 Å². The molecule has 0 amide bonds. The van der Waals surface area contributed by atoms with E-state index < -0.39 is 0 Å². The van der Waals surface area contributed by atoms with Gasteiger partial charge in [-0.25, -0.2) is 4.98 Å². The number of aryl methyl sites for hydroxylation is 1. The van der Waals surface area contributed by atoms with Crippen LogP contribution in [0, 0.1) is 12.8 Å². The van der Waals surface area contributed by atoms with E-state index in [0.29, 0.717) is 5.92 Å². The van der Waals surface area contributed by atoms with E-state index in [-0.39, 0.29) is 6.04 Å². The van der Waals surface area contributed by atoms with Gasteiger partial charge in [0.25, 0.3) is 0 Å². The summed E-state index contributed by atoms with van der Waals surface area (Å²) in [6, 6.07) is 6.07. The van der Waals surface area contributed by atoms with Crippen molar-refractivity contribution in [3.63, 3.8) is 0 Å². The first-order chi connectivity index (χ1) is 9.52. The molecular formula is C16H23N3O. The Bertz CT molecular complexity index is 575. The van der Waals surface area contributed by atoms with Gasteiger partial charge in [0.2, 0.25) is 0 Å². The lowest BCUT2D eigenvalue weighted by molar-refractivity contribution is 0.411. The van der Waals surface area contributed by atoms with Crippen LogP contribution < -0.4 is 10.5 Å². The molecule has 1 aromatic heterocycles. The smallest absolute Gasteiger partial charge is 0.142 e. The molecule has 1 heterocycles. The number of aromatic nitrogens is 2. The van der Waals surface area contributed by atoms with Gasteiger partial charge in [-0.2, -0.15) is 0 Å². The van der Waals surface area contributed by atoms with Crippen LogP contribution in [0.25, 0.3) is 5.69 Å². The third kappa shape index (κ3) is 3.02. The van der Waals surface area contributed by atoms with Crippen LogP contribution in [0.5, 0.6) is 5.75 Å². The molecule has 0 aliphatic rings. The molecule has 2 aromatic rings. The maximum Gasteiger partial charge on any atom is 0.142 e. The molecule has 1 unspecified atom stereocenters. The molecule has 108 valence electrons. The number of nitrogens with zero attached hydrogens (tertiary/aromatic N) is 2. The highest BCUT2D eigenvalue weighted by atomic mass is 16.5. The summed E-state index contributed by atoms with van der Waals surface area (Å²) >= 11 is 0. The van der Waals surface area contributed by atoms with Gasteiger partial charge >= 0.3 is 0 Å². The van der Waals surface area contributed by atoms with Crippen molar-refractivity contribution in [2.45, 2.75) is 33.2 Å². The third-order valence-electron chi connectivity index (χ3n) is 3.37. The number of hydrogen-bond donors (Lipinski definition) is 1. The van der Waals surface area contributed by atoms with E-state index in [2.05, 4.69) is 31.8 Å². The lowest BCUT2D eigenvalue weighted by Gasteiger charge is -2.18. The number of imidazole rings is 1. The zero-order chi connectivity index (χ0) is 14.7. The summed E-state index contributed by atoms with van der Waals surface area (Å²) in [6.07, 6.45) is 4.57. The summed E-state index contributed by atoms with van der Waals surface area (Å²) in [6.45, 7) is 6.41. The highest BCUT2D eigenvalue weighted by molar-refractivity contribution is 5.50. The Balaban J connectivity index is 2.44. The van der Waals surface area contributed by atoms with Gasteiger partial charge in [-0.1, -0.05) is 19.9 Å². The quantitative estimate of drug-likeness (QED) is 0.910. The van der Waals surface area contributed by atoms with Crippen LogP contribution in [0.3, 0.4) is 0 Å². The summed E-state index contributed by atoms with van der Waals surface area (Å²) in [5.74, 6) is 1.37. The van der Waals surface area contributed by atoms with Crippen LogP contribution in [0.4, 0.5) is 0 Å². The Morgan fingerprint density at radius 3 is 2.75 bits per heavy atom. The van der Waals surface area contributed by atoms with E-state index in [9.17, 15) is 0 Å². The van der Waals surface area contributed by atoms with Crippen molar-refractivity contribution >= 4 is 0 Å². The van der Waals surface area contributed by atoms with Gasteiger partial charge in [0.1, 0.15) is 5.75 Å². The van der Waals surface area contributed by atoms with E-state index in [1.165, 1.54) is 5.56 Å². The Morgan fingerprint density at radius 1 is 1.35 bits per heavy atom. The fourth-order valence-corrected chi connectivity index (χ4v) is 2.40. The topological polar surface area (TPSA) is 53.1 Å². The van der Waals surface area contributed by atoms with Crippen LogP contribution >= 0.6 is 0 Å². The second-order valence-electron chi connectivity index (χ2n) is 5.60. The molecule has 1 atom stereocenters. The molecule has 0 aliphatic carbocycles. The lowest BCUT2D eigenvalue weighted by atomic mass is 10.0. The minimum atomic E-state index is -0.0253. The molecule has 2 N–H and O–H groups in total. The van der Waals surface area contributed by atoms with Crippen LogP contribution in [0.2, 0.25) is 0 Å². The summed E-state index contributed by atoms with van der Waals surface area (Å²) < 4.78 is 7.48. The van der Waals surface area contributed by atoms with Crippen molar-refractivity contribution in [3.8, 4) is 11.4 Å². The normalized spacial score (nSPS) is 12.7. The second-order valence-corrected chi connectivity index (χ2v) is 5.60. The summed E-state index contributed by atoms with van der Waals surface area (Å²) in [5.41, 5.74) is 9.49. The van der Waals surface area contributed by atoms with E-state index >= 15 is 0 Å². The lowest BCUT2D eigenvalue weighted by Crippen LogP contribution is -2.17. The average molecular weight is 273 g/mol. The molecule has 20 heavy (non-hydrogen) atoms. The minimum absolute atomic E-state index is 0.0253. The van der Waals surface area contributed by atoms with Gasteiger partial charge in [0.15, 0.2) is 0 Å². The van der Waals surface area contributed by atoms with Crippen LogP contribution in [0.1, 0.15) is 37.6 Å². The summed E-state index contributed by atoms with van der Waals surface area (Å²) in [4.78, 5) is 4.26. The Morgan fingerprint density at radius 2 is 2.10 bits per heavy atom. The number of nitrogens with two attached hydrogens (primary N) is 1. The number of ether oxygens (including phenoxy) is 1. The number of hydrogen-bond acceptors (Lipinski definition) is 3. The molecule has 0 aliphatic heterocycles. The maximum absolute atomic E-state index is 6.31. The van der Waals surface area contributed by atoms with Crippen molar-refractivity contribution in [1.82, 2.24) is 9.55 Å². The van der Waals surface area contributed by atoms with E-state index in [1.54, 1.807) is 13.4 Å². The molecule has 0 saturated heterocycles. The predicted octanol–water partition coefficient (Wildman–Crippen LogP) is 3.24. The standard InChI is InChI=1S/C16H23N3O/c1-11(2)7-13(17)15-9-18-10-19(15)14-8-12(3)5-6-16(14)20-4/h5-6,8-11,13H,7,17H2,1-4H3. The molecule has 1 aromatic carbocycles. The van der Waals surface area contributed by atoms with Crippen molar-refractivity contribution in [1.29, 1.82) is 0 Å². The fraction of sp³-hybridized carbons (Fsp3) is 0.438. The van der Waals surface area contributed by atoms with E-state index in [0.717, 1.165) is 23.6 Å². The minimum Gasteiger partial charge on any atom is -0.495 e. The number of benzene rings is 1. The summed E-state index contributed by atoms with van der Waals surface area (Å²) in [7, 11) is 1.68. The Kier molecular flexibility index (Phi) is 4.45. The second kappa shape index (κ2) is 6.09. The van der Waals surface area contributed by atoms with Gasteiger partial charge < -0.3 is 10.5 Å².